The number of ether oxygens (including phenoxy) is 1. The number of nitrogens with zero attached hydrogens (tertiary/aromatic N) is 3. The molecule has 0 spiro atoms. The third-order valence-electron chi connectivity index (χ3n) is 2.64. The van der Waals surface area contributed by atoms with E-state index in [0.717, 1.165) is 31.0 Å². The van der Waals surface area contributed by atoms with Crippen molar-refractivity contribution < 1.29 is 4.74 Å². The van der Waals surface area contributed by atoms with Gasteiger partial charge in [0.25, 0.3) is 0 Å². The molecular weight excluding hydrogens is 204 g/mol. The Hall–Kier alpha value is -0.940. The van der Waals surface area contributed by atoms with E-state index in [1.165, 1.54) is 0 Å². The molecule has 5 nitrogen and oxygen atoms in total. The summed E-state index contributed by atoms with van der Waals surface area (Å²) in [7, 11) is 1.69. The SMILES string of the molecule is CCNCCn1nc(C)c(C(C)(C)OC)n1. The van der Waals surface area contributed by atoms with Crippen LogP contribution in [0.25, 0.3) is 0 Å². The molecule has 92 valence electrons. The van der Waals surface area contributed by atoms with Crippen LogP contribution in [-0.2, 0) is 16.9 Å². The highest BCUT2D eigenvalue weighted by atomic mass is 16.5. The summed E-state index contributed by atoms with van der Waals surface area (Å²) < 4.78 is 5.41. The van der Waals surface area contributed by atoms with Gasteiger partial charge in [0.2, 0.25) is 0 Å². The summed E-state index contributed by atoms with van der Waals surface area (Å²) in [5.41, 5.74) is 1.47. The topological polar surface area (TPSA) is 52.0 Å². The first-order valence-electron chi connectivity index (χ1n) is 5.69. The van der Waals surface area contributed by atoms with E-state index in [1.54, 1.807) is 11.9 Å². The summed E-state index contributed by atoms with van der Waals surface area (Å²) in [6, 6.07) is 0. The van der Waals surface area contributed by atoms with Crippen molar-refractivity contribution in [2.24, 2.45) is 0 Å². The van der Waals surface area contributed by atoms with Gasteiger partial charge >= 0.3 is 0 Å². The van der Waals surface area contributed by atoms with Crippen molar-refractivity contribution in [2.75, 3.05) is 20.2 Å². The fourth-order valence-corrected chi connectivity index (χ4v) is 1.54. The van der Waals surface area contributed by atoms with Crippen molar-refractivity contribution in [3.05, 3.63) is 11.4 Å². The normalized spacial score (nSPS) is 12.1. The lowest BCUT2D eigenvalue weighted by Gasteiger charge is -2.20. The maximum atomic E-state index is 5.41. The molecule has 0 aliphatic heterocycles. The average molecular weight is 226 g/mol. The lowest BCUT2D eigenvalue weighted by atomic mass is 10.0. The molecule has 0 saturated carbocycles. The van der Waals surface area contributed by atoms with Crippen LogP contribution in [0.3, 0.4) is 0 Å². The molecule has 0 fully saturated rings. The molecule has 0 unspecified atom stereocenters. The molecule has 0 aliphatic rings. The fourth-order valence-electron chi connectivity index (χ4n) is 1.54. The van der Waals surface area contributed by atoms with Gasteiger partial charge in [-0.3, -0.25) is 0 Å². The van der Waals surface area contributed by atoms with Gasteiger partial charge in [-0.05, 0) is 27.3 Å². The predicted molar refractivity (Wildman–Crippen MR) is 63.3 cm³/mol. The zero-order valence-electron chi connectivity index (χ0n) is 10.9. The molecular formula is C11H22N4O. The Balaban J connectivity index is 2.74. The van der Waals surface area contributed by atoms with E-state index in [-0.39, 0.29) is 5.60 Å². The van der Waals surface area contributed by atoms with Gasteiger partial charge in [0.1, 0.15) is 11.3 Å². The molecule has 0 amide bonds. The summed E-state index contributed by atoms with van der Waals surface area (Å²) >= 11 is 0. The minimum absolute atomic E-state index is 0.374. The number of methoxy groups -OCH3 is 1. The second-order valence-corrected chi connectivity index (χ2v) is 4.30. The number of hydrogen-bond acceptors (Lipinski definition) is 4. The highest BCUT2D eigenvalue weighted by molar-refractivity contribution is 5.14. The van der Waals surface area contributed by atoms with Crippen LogP contribution in [0.4, 0.5) is 0 Å². The van der Waals surface area contributed by atoms with Crippen LogP contribution in [0.1, 0.15) is 32.2 Å². The van der Waals surface area contributed by atoms with E-state index >= 15 is 0 Å². The van der Waals surface area contributed by atoms with E-state index in [1.807, 2.05) is 20.8 Å². The molecule has 0 radical (unpaired) electrons. The minimum Gasteiger partial charge on any atom is -0.372 e. The van der Waals surface area contributed by atoms with Crippen molar-refractivity contribution in [3.8, 4) is 0 Å². The van der Waals surface area contributed by atoms with Crippen molar-refractivity contribution in [1.29, 1.82) is 0 Å². The first-order chi connectivity index (χ1) is 7.51. The number of likely N-dealkylation sites (N-methyl/N-ethyl adjacent to an activating group) is 1. The van der Waals surface area contributed by atoms with Gasteiger partial charge < -0.3 is 10.1 Å². The molecule has 1 heterocycles. The maximum absolute atomic E-state index is 5.41. The third kappa shape index (κ3) is 3.02. The Morgan fingerprint density at radius 3 is 2.62 bits per heavy atom. The molecule has 0 atom stereocenters. The smallest absolute Gasteiger partial charge is 0.117 e. The first kappa shape index (κ1) is 13.1. The predicted octanol–water partition coefficient (Wildman–Crippen LogP) is 1.08. The van der Waals surface area contributed by atoms with Gasteiger partial charge in [-0.25, -0.2) is 0 Å². The van der Waals surface area contributed by atoms with Crippen LogP contribution < -0.4 is 5.32 Å². The molecule has 16 heavy (non-hydrogen) atoms. The average Bonchev–Trinajstić information content (AvgIpc) is 2.61. The Bertz CT molecular complexity index is 333. The van der Waals surface area contributed by atoms with Crippen LogP contribution in [0, 0.1) is 6.92 Å². The molecule has 0 bridgehead atoms. The number of nitrogens with one attached hydrogen (secondary N) is 1. The van der Waals surface area contributed by atoms with E-state index in [0.29, 0.717) is 0 Å². The molecule has 0 aliphatic carbocycles. The monoisotopic (exact) mass is 226 g/mol. The molecule has 0 saturated heterocycles. The summed E-state index contributed by atoms with van der Waals surface area (Å²) in [6.45, 7) is 10.7. The van der Waals surface area contributed by atoms with Crippen LogP contribution in [-0.4, -0.2) is 35.2 Å². The molecule has 1 aromatic heterocycles. The number of aromatic nitrogens is 3. The lowest BCUT2D eigenvalue weighted by molar-refractivity contribution is 0.0144. The lowest BCUT2D eigenvalue weighted by Crippen LogP contribution is -2.23. The van der Waals surface area contributed by atoms with Crippen LogP contribution in [0.2, 0.25) is 0 Å². The number of aryl methyl sites for hydroxylation is 1. The Labute approximate surface area is 97.2 Å². The molecule has 1 N–H and O–H groups in total. The Morgan fingerprint density at radius 2 is 2.06 bits per heavy atom. The van der Waals surface area contributed by atoms with Crippen LogP contribution in [0.5, 0.6) is 0 Å². The summed E-state index contributed by atoms with van der Waals surface area (Å²) in [4.78, 5) is 1.73. The fraction of sp³-hybridized carbons (Fsp3) is 0.818. The Kier molecular flexibility index (Phi) is 4.44. The van der Waals surface area contributed by atoms with Gasteiger partial charge in [0.15, 0.2) is 0 Å². The highest BCUT2D eigenvalue weighted by Crippen LogP contribution is 2.23. The summed E-state index contributed by atoms with van der Waals surface area (Å²) in [6.07, 6.45) is 0. The zero-order chi connectivity index (χ0) is 12.2. The van der Waals surface area contributed by atoms with Gasteiger partial charge in [-0.2, -0.15) is 15.0 Å². The quantitative estimate of drug-likeness (QED) is 0.737. The van der Waals surface area contributed by atoms with Crippen molar-refractivity contribution in [2.45, 2.75) is 39.8 Å². The van der Waals surface area contributed by atoms with E-state index < -0.39 is 0 Å². The largest absolute Gasteiger partial charge is 0.372 e. The second kappa shape index (κ2) is 5.41. The standard InChI is InChI=1S/C11H22N4O/c1-6-12-7-8-15-13-9(2)10(14-15)11(3,4)16-5/h12H,6-8H2,1-5H3. The summed E-state index contributed by atoms with van der Waals surface area (Å²) in [5, 5.41) is 12.1. The van der Waals surface area contributed by atoms with E-state index in [2.05, 4.69) is 22.4 Å². The number of rotatable bonds is 6. The minimum atomic E-state index is -0.374. The summed E-state index contributed by atoms with van der Waals surface area (Å²) in [5.74, 6) is 0. The van der Waals surface area contributed by atoms with E-state index in [4.69, 9.17) is 4.74 Å². The van der Waals surface area contributed by atoms with Gasteiger partial charge in [0.05, 0.1) is 12.2 Å². The zero-order valence-corrected chi connectivity index (χ0v) is 10.9. The first-order valence-corrected chi connectivity index (χ1v) is 5.69. The van der Waals surface area contributed by atoms with Gasteiger partial charge in [0, 0.05) is 13.7 Å². The molecule has 0 aromatic carbocycles. The second-order valence-electron chi connectivity index (χ2n) is 4.30. The van der Waals surface area contributed by atoms with Crippen LogP contribution in [0.15, 0.2) is 0 Å². The van der Waals surface area contributed by atoms with Crippen molar-refractivity contribution in [1.82, 2.24) is 20.3 Å². The number of hydrogen-bond donors (Lipinski definition) is 1. The van der Waals surface area contributed by atoms with Gasteiger partial charge in [-0.15, -0.1) is 0 Å². The van der Waals surface area contributed by atoms with Crippen LogP contribution >= 0.6 is 0 Å². The molecule has 1 aromatic rings. The van der Waals surface area contributed by atoms with Crippen molar-refractivity contribution in [3.63, 3.8) is 0 Å². The maximum Gasteiger partial charge on any atom is 0.117 e. The molecule has 5 heteroatoms. The molecule has 1 rings (SSSR count). The Morgan fingerprint density at radius 1 is 1.38 bits per heavy atom. The highest BCUT2D eigenvalue weighted by Gasteiger charge is 2.26. The van der Waals surface area contributed by atoms with Gasteiger partial charge in [-0.1, -0.05) is 6.92 Å². The van der Waals surface area contributed by atoms with Crippen molar-refractivity contribution >= 4 is 0 Å². The van der Waals surface area contributed by atoms with E-state index in [9.17, 15) is 0 Å². The third-order valence-corrected chi connectivity index (χ3v) is 2.64.